The molecule has 12 rings (SSSR count). The minimum absolute atomic E-state index is 0.141. The summed E-state index contributed by atoms with van der Waals surface area (Å²) in [7, 11) is 0. The molecule has 1 heteroatoms. The fourth-order valence-electron chi connectivity index (χ4n) is 11.6. The minimum atomic E-state index is -0.384. The van der Waals surface area contributed by atoms with Gasteiger partial charge in [-0.1, -0.05) is 190 Å². The molecule has 0 fully saturated rings. The first kappa shape index (κ1) is 36.6. The molecule has 9 aromatic rings. The molecule has 0 radical (unpaired) electrons. The zero-order valence-corrected chi connectivity index (χ0v) is 35.7. The van der Waals surface area contributed by atoms with E-state index in [0.717, 1.165) is 17.1 Å². The van der Waals surface area contributed by atoms with Crippen LogP contribution in [0.25, 0.3) is 44.5 Å². The molecular weight excluding hydrogens is 747 g/mol. The highest BCUT2D eigenvalue weighted by atomic mass is 15.1. The van der Waals surface area contributed by atoms with Crippen molar-refractivity contribution in [3.63, 3.8) is 0 Å². The SMILES string of the molecule is CC1(C)c2ccccc2-c2ccc(N(c3ccc4c(c3)C(C)(c3ccccc3)c3ccccc3-4)c3ccc4c(c3)C(C)(c3ccccc3)c3cccc(-c5ccccc5)c3-4)cc21. The summed E-state index contributed by atoms with van der Waals surface area (Å²) in [5, 5.41) is 0. The van der Waals surface area contributed by atoms with Crippen LogP contribution in [-0.4, -0.2) is 0 Å². The molecule has 2 unspecified atom stereocenters. The van der Waals surface area contributed by atoms with Crippen LogP contribution in [0.3, 0.4) is 0 Å². The van der Waals surface area contributed by atoms with Crippen LogP contribution in [-0.2, 0) is 16.2 Å². The summed E-state index contributed by atoms with van der Waals surface area (Å²) in [5.74, 6) is 0. The van der Waals surface area contributed by atoms with Crippen LogP contribution in [0.2, 0.25) is 0 Å². The summed E-state index contributed by atoms with van der Waals surface area (Å²) in [6, 6.07) is 79.6. The highest BCUT2D eigenvalue weighted by Gasteiger charge is 2.44. The average Bonchev–Trinajstić information content (AvgIpc) is 3.85. The Morgan fingerprint density at radius 3 is 1.31 bits per heavy atom. The van der Waals surface area contributed by atoms with Gasteiger partial charge >= 0.3 is 0 Å². The molecule has 296 valence electrons. The smallest absolute Gasteiger partial charge is 0.0465 e. The lowest BCUT2D eigenvalue weighted by Crippen LogP contribution is -2.23. The molecule has 0 amide bonds. The average molecular weight is 794 g/mol. The molecule has 0 aliphatic heterocycles. The Labute approximate surface area is 365 Å². The van der Waals surface area contributed by atoms with E-state index in [1.165, 1.54) is 89.0 Å². The first-order valence-corrected chi connectivity index (χ1v) is 22.0. The third-order valence-electron chi connectivity index (χ3n) is 14.8. The first-order valence-electron chi connectivity index (χ1n) is 22.0. The van der Waals surface area contributed by atoms with Crippen molar-refractivity contribution in [1.82, 2.24) is 0 Å². The normalized spacial score (nSPS) is 18.3. The van der Waals surface area contributed by atoms with E-state index in [-0.39, 0.29) is 16.2 Å². The second kappa shape index (κ2) is 13.4. The first-order chi connectivity index (χ1) is 30.3. The zero-order valence-electron chi connectivity index (χ0n) is 35.7. The molecule has 0 spiro atoms. The van der Waals surface area contributed by atoms with Crippen LogP contribution in [0, 0.1) is 0 Å². The third kappa shape index (κ3) is 5.03. The molecular formula is C61H47N. The van der Waals surface area contributed by atoms with Gasteiger partial charge in [0.25, 0.3) is 0 Å². The van der Waals surface area contributed by atoms with Crippen LogP contribution >= 0.6 is 0 Å². The molecule has 0 aromatic heterocycles. The number of rotatable bonds is 6. The maximum Gasteiger partial charge on any atom is 0.0465 e. The topological polar surface area (TPSA) is 3.24 Å². The predicted molar refractivity (Wildman–Crippen MR) is 259 cm³/mol. The van der Waals surface area contributed by atoms with Crippen LogP contribution in [0.5, 0.6) is 0 Å². The number of benzene rings is 9. The fourth-order valence-corrected chi connectivity index (χ4v) is 11.6. The minimum Gasteiger partial charge on any atom is -0.310 e. The van der Waals surface area contributed by atoms with Crippen LogP contribution in [0.4, 0.5) is 17.1 Å². The largest absolute Gasteiger partial charge is 0.310 e. The van der Waals surface area contributed by atoms with Gasteiger partial charge in [0.15, 0.2) is 0 Å². The summed E-state index contributed by atoms with van der Waals surface area (Å²) in [6.07, 6.45) is 0. The lowest BCUT2D eigenvalue weighted by atomic mass is 9.74. The zero-order chi connectivity index (χ0) is 41.8. The lowest BCUT2D eigenvalue weighted by Gasteiger charge is -2.33. The molecule has 0 heterocycles. The second-order valence-electron chi connectivity index (χ2n) is 18.3. The molecule has 3 aliphatic carbocycles. The number of nitrogens with zero attached hydrogens (tertiary/aromatic N) is 1. The maximum atomic E-state index is 2.53. The Bertz CT molecular complexity index is 3230. The highest BCUT2D eigenvalue weighted by Crippen LogP contribution is 2.58. The molecule has 2 atom stereocenters. The van der Waals surface area contributed by atoms with Gasteiger partial charge in [0.2, 0.25) is 0 Å². The summed E-state index contributed by atoms with van der Waals surface area (Å²) < 4.78 is 0. The Morgan fingerprint density at radius 2 is 0.694 bits per heavy atom. The van der Waals surface area contributed by atoms with Gasteiger partial charge in [-0.2, -0.15) is 0 Å². The van der Waals surface area contributed by atoms with Gasteiger partial charge in [-0.15, -0.1) is 0 Å². The van der Waals surface area contributed by atoms with E-state index in [1.807, 2.05) is 0 Å². The van der Waals surface area contributed by atoms with Gasteiger partial charge in [-0.3, -0.25) is 0 Å². The monoisotopic (exact) mass is 793 g/mol. The molecule has 62 heavy (non-hydrogen) atoms. The van der Waals surface area contributed by atoms with E-state index < -0.39 is 0 Å². The summed E-state index contributed by atoms with van der Waals surface area (Å²) in [4.78, 5) is 2.53. The summed E-state index contributed by atoms with van der Waals surface area (Å²) in [6.45, 7) is 9.61. The second-order valence-corrected chi connectivity index (χ2v) is 18.3. The van der Waals surface area contributed by atoms with Crippen LogP contribution in [0.15, 0.2) is 212 Å². The van der Waals surface area contributed by atoms with Crippen molar-refractivity contribution in [2.24, 2.45) is 0 Å². The van der Waals surface area contributed by atoms with Crippen molar-refractivity contribution >= 4 is 17.1 Å². The molecule has 0 bridgehead atoms. The summed E-state index contributed by atoms with van der Waals surface area (Å²) >= 11 is 0. The third-order valence-corrected chi connectivity index (χ3v) is 14.8. The van der Waals surface area contributed by atoms with Crippen molar-refractivity contribution in [2.75, 3.05) is 4.90 Å². The van der Waals surface area contributed by atoms with Gasteiger partial charge in [0.1, 0.15) is 0 Å². The quantitative estimate of drug-likeness (QED) is 0.162. The van der Waals surface area contributed by atoms with Gasteiger partial charge in [0, 0.05) is 33.3 Å². The van der Waals surface area contributed by atoms with Crippen molar-refractivity contribution in [3.8, 4) is 44.5 Å². The molecule has 0 saturated heterocycles. The Morgan fingerprint density at radius 1 is 0.290 bits per heavy atom. The van der Waals surface area contributed by atoms with E-state index in [9.17, 15) is 0 Å². The van der Waals surface area contributed by atoms with E-state index >= 15 is 0 Å². The Balaban J connectivity index is 1.11. The summed E-state index contributed by atoms with van der Waals surface area (Å²) in [5.41, 5.74) is 23.7. The Kier molecular flexibility index (Phi) is 7.91. The molecule has 9 aromatic carbocycles. The molecule has 0 N–H and O–H groups in total. The van der Waals surface area contributed by atoms with Crippen molar-refractivity contribution < 1.29 is 0 Å². The Hall–Kier alpha value is -7.22. The molecule has 0 saturated carbocycles. The number of hydrogen-bond donors (Lipinski definition) is 0. The van der Waals surface area contributed by atoms with Crippen molar-refractivity contribution in [2.45, 2.75) is 43.9 Å². The lowest BCUT2D eigenvalue weighted by molar-refractivity contribution is 0.660. The predicted octanol–water partition coefficient (Wildman–Crippen LogP) is 15.8. The van der Waals surface area contributed by atoms with Gasteiger partial charge in [0.05, 0.1) is 0 Å². The van der Waals surface area contributed by atoms with Crippen LogP contribution in [0.1, 0.15) is 72.2 Å². The highest BCUT2D eigenvalue weighted by molar-refractivity contribution is 5.96. The van der Waals surface area contributed by atoms with Crippen LogP contribution < -0.4 is 4.90 Å². The van der Waals surface area contributed by atoms with Crippen molar-refractivity contribution in [1.29, 1.82) is 0 Å². The van der Waals surface area contributed by atoms with Gasteiger partial charge in [-0.25, -0.2) is 0 Å². The fraction of sp³-hybridized carbons (Fsp3) is 0.115. The van der Waals surface area contributed by atoms with Gasteiger partial charge in [-0.05, 0) is 139 Å². The maximum absolute atomic E-state index is 2.53. The molecule has 3 aliphatic rings. The van der Waals surface area contributed by atoms with Gasteiger partial charge < -0.3 is 4.90 Å². The van der Waals surface area contributed by atoms with E-state index in [0.29, 0.717) is 0 Å². The van der Waals surface area contributed by atoms with E-state index in [2.05, 4.69) is 245 Å². The van der Waals surface area contributed by atoms with E-state index in [1.54, 1.807) is 0 Å². The number of fused-ring (bicyclic) bond motifs is 9. The standard InChI is InChI=1S/C61H47N/c1-59(2)52-28-16-14-25-47(52)49-34-31-43(37-55(49)59)62(44-32-35-50-48-26-15-17-29-53(48)60(3,56(50)38-44)41-21-10-6-11-22-41)45-33-36-51-57(39-45)61(4,42-23-12-7-13-24-42)54-30-18-27-46(58(51)54)40-19-8-5-9-20-40/h5-39H,1-4H3. The molecule has 1 nitrogen and oxygen atoms in total. The van der Waals surface area contributed by atoms with Crippen molar-refractivity contribution in [3.05, 3.63) is 257 Å². The number of hydrogen-bond acceptors (Lipinski definition) is 1. The number of anilines is 3. The van der Waals surface area contributed by atoms with E-state index in [4.69, 9.17) is 0 Å².